The van der Waals surface area contributed by atoms with Crippen LogP contribution in [-0.4, -0.2) is 24.7 Å². The van der Waals surface area contributed by atoms with Gasteiger partial charge >= 0.3 is 18.2 Å². The lowest BCUT2D eigenvalue weighted by Gasteiger charge is -2.40. The Kier molecular flexibility index (Phi) is 8.36. The zero-order valence-electron chi connectivity index (χ0n) is 18.6. The summed E-state index contributed by atoms with van der Waals surface area (Å²) in [5, 5.41) is 0.689. The van der Waals surface area contributed by atoms with Crippen LogP contribution in [0.5, 0.6) is 0 Å². The van der Waals surface area contributed by atoms with Gasteiger partial charge in [0.05, 0.1) is 34.3 Å². The van der Waals surface area contributed by atoms with Crippen molar-refractivity contribution in [2.75, 3.05) is 11.5 Å². The van der Waals surface area contributed by atoms with E-state index in [0.717, 1.165) is 12.1 Å². The van der Waals surface area contributed by atoms with E-state index >= 15 is 0 Å². The second-order valence-electron chi connectivity index (χ2n) is 7.95. The Morgan fingerprint density at radius 3 is 2.41 bits per heavy atom. The first-order chi connectivity index (χ1) is 16.0. The zero-order chi connectivity index (χ0) is 25.0. The van der Waals surface area contributed by atoms with Crippen molar-refractivity contribution in [2.45, 2.75) is 57.9 Å². The number of rotatable bonds is 6. The molecule has 184 valence electrons. The maximum Gasteiger partial charge on any atom is 0.416 e. The molecule has 1 aliphatic rings. The first-order valence-corrected chi connectivity index (χ1v) is 11.6. The minimum Gasteiger partial charge on any atom is -0.461 e. The minimum absolute atomic E-state index is 0.0515. The van der Waals surface area contributed by atoms with Crippen LogP contribution in [0.1, 0.15) is 55.7 Å². The van der Waals surface area contributed by atoms with Crippen molar-refractivity contribution in [1.82, 2.24) is 0 Å². The maximum atomic E-state index is 13.4. The van der Waals surface area contributed by atoms with E-state index in [1.54, 1.807) is 25.1 Å². The molecule has 0 radical (unpaired) electrons. The number of fused-ring (bicyclic) bond motifs is 1. The first kappa shape index (κ1) is 26.2. The number of anilines is 1. The molecule has 2 aromatic carbocycles. The van der Waals surface area contributed by atoms with Gasteiger partial charge in [0, 0.05) is 6.04 Å². The molecule has 5 nitrogen and oxygen atoms in total. The van der Waals surface area contributed by atoms with Gasteiger partial charge in [0.15, 0.2) is 0 Å². The van der Waals surface area contributed by atoms with Gasteiger partial charge in [-0.2, -0.15) is 13.2 Å². The lowest BCUT2D eigenvalue weighted by Crippen LogP contribution is -2.45. The number of benzene rings is 2. The SMILES string of the molecule is CCOC(=O)N1c2ccc(C(F)(F)F)cc2C(CC(=O)OCc2ccc(Cl)c(Cl)c2)CC1CC. The fourth-order valence-corrected chi connectivity index (χ4v) is 4.39. The zero-order valence-corrected chi connectivity index (χ0v) is 20.1. The quantitative estimate of drug-likeness (QED) is 0.375. The van der Waals surface area contributed by atoms with Crippen LogP contribution in [0.4, 0.5) is 23.7 Å². The molecule has 0 aromatic heterocycles. The minimum atomic E-state index is -4.57. The summed E-state index contributed by atoms with van der Waals surface area (Å²) >= 11 is 11.9. The molecule has 3 rings (SSSR count). The molecule has 2 unspecified atom stereocenters. The number of halogens is 5. The molecule has 0 aliphatic carbocycles. The predicted octanol–water partition coefficient (Wildman–Crippen LogP) is 7.37. The Bertz CT molecular complexity index is 1060. The van der Waals surface area contributed by atoms with Crippen LogP contribution < -0.4 is 4.90 Å². The van der Waals surface area contributed by atoms with Crippen molar-refractivity contribution >= 4 is 41.0 Å². The highest BCUT2D eigenvalue weighted by atomic mass is 35.5. The van der Waals surface area contributed by atoms with Crippen LogP contribution in [0.25, 0.3) is 0 Å². The van der Waals surface area contributed by atoms with Gasteiger partial charge in [-0.15, -0.1) is 0 Å². The molecule has 0 N–H and O–H groups in total. The number of esters is 1. The summed E-state index contributed by atoms with van der Waals surface area (Å²) in [5.74, 6) is -1.13. The molecular formula is C24H24Cl2F3NO4. The average molecular weight is 518 g/mol. The fourth-order valence-electron chi connectivity index (χ4n) is 4.07. The van der Waals surface area contributed by atoms with E-state index < -0.39 is 29.7 Å². The highest BCUT2D eigenvalue weighted by Crippen LogP contribution is 2.44. The Morgan fingerprint density at radius 2 is 1.79 bits per heavy atom. The molecule has 2 aromatic rings. The molecule has 0 spiro atoms. The maximum absolute atomic E-state index is 13.4. The van der Waals surface area contributed by atoms with Gasteiger partial charge in [0.2, 0.25) is 0 Å². The molecule has 34 heavy (non-hydrogen) atoms. The second-order valence-corrected chi connectivity index (χ2v) is 8.76. The van der Waals surface area contributed by atoms with Crippen LogP contribution in [0.2, 0.25) is 10.0 Å². The summed E-state index contributed by atoms with van der Waals surface area (Å²) in [4.78, 5) is 26.6. The third kappa shape index (κ3) is 5.96. The number of amides is 1. The number of alkyl halides is 3. The Balaban J connectivity index is 1.87. The third-order valence-corrected chi connectivity index (χ3v) is 6.45. The number of carbonyl (C=O) groups excluding carboxylic acids is 2. The first-order valence-electron chi connectivity index (χ1n) is 10.8. The van der Waals surface area contributed by atoms with Gasteiger partial charge in [0.1, 0.15) is 6.61 Å². The van der Waals surface area contributed by atoms with Crippen LogP contribution in [0, 0.1) is 0 Å². The lowest BCUT2D eigenvalue weighted by atomic mass is 9.82. The fraction of sp³-hybridized carbons (Fsp3) is 0.417. The van der Waals surface area contributed by atoms with Gasteiger partial charge < -0.3 is 9.47 Å². The van der Waals surface area contributed by atoms with Crippen LogP contribution in [0.15, 0.2) is 36.4 Å². The molecule has 0 saturated carbocycles. The largest absolute Gasteiger partial charge is 0.461 e. The highest BCUT2D eigenvalue weighted by Gasteiger charge is 2.39. The molecule has 0 fully saturated rings. The molecule has 2 atom stereocenters. The number of ether oxygens (including phenoxy) is 2. The van der Waals surface area contributed by atoms with Crippen LogP contribution in [-0.2, 0) is 27.1 Å². The summed E-state index contributed by atoms with van der Waals surface area (Å²) in [5.41, 5.74) is 0.358. The van der Waals surface area contributed by atoms with E-state index in [0.29, 0.717) is 34.1 Å². The average Bonchev–Trinajstić information content (AvgIpc) is 2.78. The molecule has 0 saturated heterocycles. The number of carbonyl (C=O) groups is 2. The Morgan fingerprint density at radius 1 is 1.06 bits per heavy atom. The van der Waals surface area contributed by atoms with Crippen molar-refractivity contribution in [1.29, 1.82) is 0 Å². The summed E-state index contributed by atoms with van der Waals surface area (Å²) in [6.07, 6.45) is -4.50. The predicted molar refractivity (Wildman–Crippen MR) is 123 cm³/mol. The lowest BCUT2D eigenvalue weighted by molar-refractivity contribution is -0.145. The van der Waals surface area contributed by atoms with E-state index in [2.05, 4.69) is 0 Å². The Hall–Kier alpha value is -2.45. The summed E-state index contributed by atoms with van der Waals surface area (Å²) in [7, 11) is 0. The number of nitrogens with zero attached hydrogens (tertiary/aromatic N) is 1. The third-order valence-electron chi connectivity index (χ3n) is 5.71. The van der Waals surface area contributed by atoms with Crippen LogP contribution >= 0.6 is 23.2 Å². The van der Waals surface area contributed by atoms with E-state index in [9.17, 15) is 22.8 Å². The van der Waals surface area contributed by atoms with Gasteiger partial charge in [-0.3, -0.25) is 9.69 Å². The van der Waals surface area contributed by atoms with Crippen molar-refractivity contribution in [3.05, 3.63) is 63.1 Å². The molecule has 1 aliphatic heterocycles. The molecular weight excluding hydrogens is 494 g/mol. The van der Waals surface area contributed by atoms with Gasteiger partial charge in [-0.05, 0) is 67.1 Å². The van der Waals surface area contributed by atoms with Crippen molar-refractivity contribution in [2.24, 2.45) is 0 Å². The monoisotopic (exact) mass is 517 g/mol. The molecule has 0 bridgehead atoms. The molecule has 1 heterocycles. The smallest absolute Gasteiger partial charge is 0.416 e. The number of hydrogen-bond acceptors (Lipinski definition) is 4. The summed E-state index contributed by atoms with van der Waals surface area (Å²) < 4.78 is 50.8. The summed E-state index contributed by atoms with van der Waals surface area (Å²) in [6.45, 7) is 3.60. The highest BCUT2D eigenvalue weighted by molar-refractivity contribution is 6.42. The van der Waals surface area contributed by atoms with E-state index in [1.807, 2.05) is 6.92 Å². The van der Waals surface area contributed by atoms with Gasteiger partial charge in [0.25, 0.3) is 0 Å². The standard InChI is InChI=1S/C24H24Cl2F3NO4/c1-3-17-10-15(11-22(31)34-13-14-5-7-19(25)20(26)9-14)18-12-16(24(27,28)29)6-8-21(18)30(17)23(32)33-4-2/h5-9,12,15,17H,3-4,10-11,13H2,1-2H3. The molecule has 10 heteroatoms. The van der Waals surface area contributed by atoms with Crippen molar-refractivity contribution < 1.29 is 32.2 Å². The van der Waals surface area contributed by atoms with E-state index in [4.69, 9.17) is 32.7 Å². The Labute approximate surface area is 205 Å². The van der Waals surface area contributed by atoms with Crippen molar-refractivity contribution in [3.63, 3.8) is 0 Å². The van der Waals surface area contributed by atoms with Crippen molar-refractivity contribution in [3.8, 4) is 0 Å². The van der Waals surface area contributed by atoms with Gasteiger partial charge in [-0.1, -0.05) is 36.2 Å². The van der Waals surface area contributed by atoms with E-state index in [1.165, 1.54) is 11.0 Å². The van der Waals surface area contributed by atoms with Gasteiger partial charge in [-0.25, -0.2) is 4.79 Å². The molecule has 1 amide bonds. The number of hydrogen-bond donors (Lipinski definition) is 0. The summed E-state index contributed by atoms with van der Waals surface area (Å²) in [6, 6.07) is 7.69. The topological polar surface area (TPSA) is 55.8 Å². The van der Waals surface area contributed by atoms with Crippen LogP contribution in [0.3, 0.4) is 0 Å². The second kappa shape index (κ2) is 10.9. The van der Waals surface area contributed by atoms with E-state index in [-0.39, 0.29) is 31.2 Å². The normalized spacial score (nSPS) is 17.8.